The Kier molecular flexibility index (Phi) is 5.47. The van der Waals surface area contributed by atoms with Crippen molar-refractivity contribution in [1.29, 1.82) is 0 Å². The number of benzene rings is 1. The Labute approximate surface area is 184 Å². The van der Waals surface area contributed by atoms with Gasteiger partial charge in [0.2, 0.25) is 11.8 Å². The normalized spacial score (nSPS) is 27.4. The minimum absolute atomic E-state index is 0.00191. The van der Waals surface area contributed by atoms with Gasteiger partial charge in [0, 0.05) is 18.3 Å². The van der Waals surface area contributed by atoms with Gasteiger partial charge in [-0.15, -0.1) is 11.8 Å². The summed E-state index contributed by atoms with van der Waals surface area (Å²) < 4.78 is 0.790. The predicted octanol–water partition coefficient (Wildman–Crippen LogP) is 1.79. The Morgan fingerprint density at radius 3 is 2.69 bits per heavy atom. The SMILES string of the molecule is CN1CN(C(C(=O)NC2C(=O)N3CC(C)(C)SC23)c2ccc(O)cc2)CSC1=S. The molecule has 29 heavy (non-hydrogen) atoms. The minimum Gasteiger partial charge on any atom is -0.508 e. The monoisotopic (exact) mass is 452 g/mol. The summed E-state index contributed by atoms with van der Waals surface area (Å²) in [7, 11) is 1.90. The van der Waals surface area contributed by atoms with Crippen LogP contribution in [0.4, 0.5) is 0 Å². The van der Waals surface area contributed by atoms with Crippen molar-refractivity contribution < 1.29 is 14.7 Å². The number of nitrogens with zero attached hydrogens (tertiary/aromatic N) is 3. The second kappa shape index (κ2) is 7.64. The number of thiocarbonyl (C=S) groups is 1. The molecule has 3 saturated heterocycles. The van der Waals surface area contributed by atoms with Gasteiger partial charge in [-0.1, -0.05) is 36.1 Å². The van der Waals surface area contributed by atoms with Gasteiger partial charge in [-0.25, -0.2) is 0 Å². The third kappa shape index (κ3) is 3.95. The number of carbonyl (C=O) groups is 2. The number of phenols is 1. The van der Waals surface area contributed by atoms with Crippen LogP contribution in [0, 0.1) is 0 Å². The standard InChI is InChI=1S/C19H24N4O3S3/c1-19(2)8-23-16(26)13(17(23)29-19)20-15(25)14(11-4-6-12(24)7-5-11)22-9-21(3)18(27)28-10-22/h4-7,13-14,17,24H,8-10H2,1-3H3,(H,20,25). The van der Waals surface area contributed by atoms with Crippen molar-refractivity contribution in [2.24, 2.45) is 0 Å². The molecular weight excluding hydrogens is 428 g/mol. The Morgan fingerprint density at radius 1 is 1.34 bits per heavy atom. The van der Waals surface area contributed by atoms with Crippen LogP contribution in [0.2, 0.25) is 0 Å². The predicted molar refractivity (Wildman–Crippen MR) is 119 cm³/mol. The van der Waals surface area contributed by atoms with Gasteiger partial charge in [0.15, 0.2) is 0 Å². The number of aromatic hydroxyl groups is 1. The van der Waals surface area contributed by atoms with Crippen molar-refractivity contribution in [3.63, 3.8) is 0 Å². The molecule has 3 atom stereocenters. The molecule has 7 nitrogen and oxygen atoms in total. The van der Waals surface area contributed by atoms with E-state index >= 15 is 0 Å². The maximum Gasteiger partial charge on any atom is 0.249 e. The number of fused-ring (bicyclic) bond motifs is 1. The number of thioether (sulfide) groups is 2. The lowest BCUT2D eigenvalue weighted by Crippen LogP contribution is -2.68. The molecule has 3 aliphatic rings. The van der Waals surface area contributed by atoms with Crippen molar-refractivity contribution in [1.82, 2.24) is 20.0 Å². The first-order valence-corrected chi connectivity index (χ1v) is 11.6. The summed E-state index contributed by atoms with van der Waals surface area (Å²) >= 11 is 8.57. The molecule has 0 spiro atoms. The molecule has 0 radical (unpaired) electrons. The summed E-state index contributed by atoms with van der Waals surface area (Å²) in [6.07, 6.45) is 0. The minimum atomic E-state index is -0.574. The third-order valence-corrected chi connectivity index (χ3v) is 8.53. The van der Waals surface area contributed by atoms with E-state index in [0.29, 0.717) is 19.1 Å². The fourth-order valence-electron chi connectivity index (χ4n) is 3.92. The van der Waals surface area contributed by atoms with Gasteiger partial charge < -0.3 is 20.2 Å². The van der Waals surface area contributed by atoms with E-state index < -0.39 is 12.1 Å². The second-order valence-electron chi connectivity index (χ2n) is 8.18. The van der Waals surface area contributed by atoms with E-state index in [1.165, 1.54) is 11.8 Å². The summed E-state index contributed by atoms with van der Waals surface area (Å²) in [4.78, 5) is 31.7. The lowest BCUT2D eigenvalue weighted by atomic mass is 10.0. The first-order chi connectivity index (χ1) is 13.7. The highest BCUT2D eigenvalue weighted by molar-refractivity contribution is 8.22. The lowest BCUT2D eigenvalue weighted by Gasteiger charge is -2.43. The molecule has 2 amide bonds. The lowest BCUT2D eigenvalue weighted by molar-refractivity contribution is -0.148. The highest BCUT2D eigenvalue weighted by Gasteiger charge is 2.56. The molecule has 0 aromatic heterocycles. The van der Waals surface area contributed by atoms with Gasteiger partial charge in [-0.3, -0.25) is 14.5 Å². The molecular formula is C19H24N4O3S3. The summed E-state index contributed by atoms with van der Waals surface area (Å²) in [5.41, 5.74) is 0.769. The van der Waals surface area contributed by atoms with Crippen LogP contribution in [-0.2, 0) is 9.59 Å². The zero-order valence-corrected chi connectivity index (χ0v) is 18.9. The second-order valence-corrected chi connectivity index (χ2v) is 11.6. The highest BCUT2D eigenvalue weighted by Crippen LogP contribution is 2.46. The molecule has 3 fully saturated rings. The molecule has 3 aliphatic heterocycles. The molecule has 0 aliphatic carbocycles. The maximum absolute atomic E-state index is 13.4. The van der Waals surface area contributed by atoms with Crippen LogP contribution in [0.1, 0.15) is 25.5 Å². The quantitative estimate of drug-likeness (QED) is 0.529. The van der Waals surface area contributed by atoms with Crippen LogP contribution in [0.3, 0.4) is 0 Å². The topological polar surface area (TPSA) is 76.1 Å². The van der Waals surface area contributed by atoms with Crippen LogP contribution in [0.25, 0.3) is 0 Å². The molecule has 156 valence electrons. The number of hydrogen-bond acceptors (Lipinski definition) is 7. The zero-order chi connectivity index (χ0) is 20.9. The Balaban J connectivity index is 1.55. The summed E-state index contributed by atoms with van der Waals surface area (Å²) in [6, 6.07) is 5.58. The molecule has 3 heterocycles. The molecule has 0 saturated carbocycles. The van der Waals surface area contributed by atoms with Crippen LogP contribution < -0.4 is 5.32 Å². The summed E-state index contributed by atoms with van der Waals surface area (Å²) in [6.45, 7) is 5.46. The molecule has 3 unspecified atom stereocenters. The van der Waals surface area contributed by atoms with Gasteiger partial charge in [-0.2, -0.15) is 0 Å². The molecule has 4 rings (SSSR count). The van der Waals surface area contributed by atoms with E-state index in [9.17, 15) is 14.7 Å². The number of amides is 2. The fraction of sp³-hybridized carbons (Fsp3) is 0.526. The maximum atomic E-state index is 13.4. The first kappa shape index (κ1) is 20.8. The van der Waals surface area contributed by atoms with E-state index in [4.69, 9.17) is 12.2 Å². The summed E-state index contributed by atoms with van der Waals surface area (Å²) in [5, 5.41) is 12.6. The van der Waals surface area contributed by atoms with Crippen LogP contribution in [0.15, 0.2) is 24.3 Å². The first-order valence-electron chi connectivity index (χ1n) is 9.36. The number of phenolic OH excluding ortho intramolecular Hbond substituents is 1. The van der Waals surface area contributed by atoms with E-state index in [2.05, 4.69) is 19.2 Å². The van der Waals surface area contributed by atoms with Crippen LogP contribution >= 0.6 is 35.7 Å². The van der Waals surface area contributed by atoms with E-state index in [1.807, 2.05) is 21.7 Å². The Hall–Kier alpha value is -1.49. The average molecular weight is 453 g/mol. The van der Waals surface area contributed by atoms with Crippen molar-refractivity contribution >= 4 is 51.9 Å². The smallest absolute Gasteiger partial charge is 0.249 e. The van der Waals surface area contributed by atoms with Crippen LogP contribution in [0.5, 0.6) is 5.75 Å². The van der Waals surface area contributed by atoms with Gasteiger partial charge in [-0.05, 0) is 31.5 Å². The van der Waals surface area contributed by atoms with Gasteiger partial charge in [0.05, 0.1) is 12.5 Å². The highest BCUT2D eigenvalue weighted by atomic mass is 32.2. The number of nitrogens with one attached hydrogen (secondary N) is 1. The van der Waals surface area contributed by atoms with Crippen LogP contribution in [-0.4, -0.2) is 78.2 Å². The molecule has 10 heteroatoms. The van der Waals surface area contributed by atoms with Crippen molar-refractivity contribution in [2.75, 3.05) is 26.1 Å². The third-order valence-electron chi connectivity index (χ3n) is 5.31. The fourth-order valence-corrected chi connectivity index (χ4v) is 6.42. The largest absolute Gasteiger partial charge is 0.508 e. The van der Waals surface area contributed by atoms with E-state index in [-0.39, 0.29) is 27.7 Å². The number of carbonyl (C=O) groups excluding carboxylic acids is 2. The zero-order valence-electron chi connectivity index (χ0n) is 16.5. The molecule has 1 aromatic carbocycles. The van der Waals surface area contributed by atoms with Gasteiger partial charge in [0.25, 0.3) is 0 Å². The Morgan fingerprint density at radius 2 is 2.03 bits per heavy atom. The van der Waals surface area contributed by atoms with E-state index in [1.54, 1.807) is 36.0 Å². The molecule has 0 bridgehead atoms. The number of β-lactam (4-membered cyclic amide) rings is 1. The molecule has 1 aromatic rings. The van der Waals surface area contributed by atoms with E-state index in [0.717, 1.165) is 9.88 Å². The average Bonchev–Trinajstić information content (AvgIpc) is 2.96. The number of hydrogen-bond donors (Lipinski definition) is 2. The number of rotatable bonds is 4. The van der Waals surface area contributed by atoms with Gasteiger partial charge in [0.1, 0.15) is 27.5 Å². The Bertz CT molecular complexity index is 848. The van der Waals surface area contributed by atoms with Crippen molar-refractivity contribution in [3.05, 3.63) is 29.8 Å². The van der Waals surface area contributed by atoms with Crippen molar-refractivity contribution in [3.8, 4) is 5.75 Å². The van der Waals surface area contributed by atoms with Crippen molar-refractivity contribution in [2.45, 2.75) is 36.1 Å². The summed E-state index contributed by atoms with van der Waals surface area (Å²) in [5.74, 6) is 0.504. The van der Waals surface area contributed by atoms with Gasteiger partial charge >= 0.3 is 0 Å². The molecule has 2 N–H and O–H groups in total.